The Morgan fingerprint density at radius 1 is 1.13 bits per heavy atom. The van der Waals surface area contributed by atoms with Crippen molar-refractivity contribution in [1.82, 2.24) is 9.97 Å². The van der Waals surface area contributed by atoms with E-state index in [1.54, 1.807) is 0 Å². The van der Waals surface area contributed by atoms with Crippen molar-refractivity contribution in [3.8, 4) is 5.75 Å². The van der Waals surface area contributed by atoms with Gasteiger partial charge in [0.1, 0.15) is 17.3 Å². The fourth-order valence-corrected chi connectivity index (χ4v) is 3.95. The Kier molecular flexibility index (Phi) is 6.56. The zero-order valence-electron chi connectivity index (χ0n) is 16.9. The summed E-state index contributed by atoms with van der Waals surface area (Å²) in [6.45, 7) is 5.24. The number of aromatic nitrogens is 2. The number of ketones is 1. The van der Waals surface area contributed by atoms with Gasteiger partial charge in [0.25, 0.3) is 10.0 Å². The molecule has 0 aliphatic heterocycles. The number of hydrogen-bond donors (Lipinski definition) is 1. The van der Waals surface area contributed by atoms with Gasteiger partial charge in [-0.2, -0.15) is 0 Å². The van der Waals surface area contributed by atoms with Gasteiger partial charge in [0.05, 0.1) is 27.9 Å². The fourth-order valence-electron chi connectivity index (χ4n) is 2.74. The number of hydrogen-bond acceptors (Lipinski definition) is 6. The number of nitrogens with zero attached hydrogens (tertiary/aromatic N) is 2. The van der Waals surface area contributed by atoms with Crippen LogP contribution in [-0.2, 0) is 10.0 Å². The number of anilines is 1. The summed E-state index contributed by atoms with van der Waals surface area (Å²) in [5, 5.41) is 0.115. The maximum atomic E-state index is 13.6. The summed E-state index contributed by atoms with van der Waals surface area (Å²) in [4.78, 5) is 20.7. The van der Waals surface area contributed by atoms with Gasteiger partial charge in [-0.3, -0.25) is 14.5 Å². The average molecular weight is 464 g/mol. The number of rotatable bonds is 7. The van der Waals surface area contributed by atoms with Gasteiger partial charge in [-0.25, -0.2) is 17.8 Å². The molecule has 1 aromatic carbocycles. The summed E-state index contributed by atoms with van der Waals surface area (Å²) in [6, 6.07) is 8.09. The first-order chi connectivity index (χ1) is 14.6. The number of carbonyl (C=O) groups is 1. The summed E-state index contributed by atoms with van der Waals surface area (Å²) in [7, 11) is -4.08. The van der Waals surface area contributed by atoms with E-state index in [1.165, 1.54) is 43.5 Å². The molecule has 0 atom stereocenters. The lowest BCUT2D eigenvalue weighted by molar-refractivity contribution is 0.103. The van der Waals surface area contributed by atoms with Crippen LogP contribution in [0.5, 0.6) is 5.75 Å². The summed E-state index contributed by atoms with van der Waals surface area (Å²) in [5.41, 5.74) is -0.130. The van der Waals surface area contributed by atoms with E-state index in [9.17, 15) is 17.6 Å². The highest BCUT2D eigenvalue weighted by molar-refractivity contribution is 7.92. The lowest BCUT2D eigenvalue weighted by Gasteiger charge is -2.13. The van der Waals surface area contributed by atoms with Gasteiger partial charge in [-0.15, -0.1) is 0 Å². The number of halogens is 2. The highest BCUT2D eigenvalue weighted by Crippen LogP contribution is 2.26. The van der Waals surface area contributed by atoms with E-state index in [0.717, 1.165) is 12.3 Å². The molecule has 0 radical (unpaired) electrons. The standard InChI is InChI=1S/C21H19ClFN3O4S/c1-12(2)30-16-4-6-17(7-5-16)31(28,29)26-19-8-14(22)10-25-20(19)21(27)18-9-15(23)11-24-13(18)3/h4-12,26H,1-3H3. The first-order valence-corrected chi connectivity index (χ1v) is 11.0. The number of nitrogens with one attached hydrogen (secondary N) is 1. The Morgan fingerprint density at radius 3 is 2.45 bits per heavy atom. The van der Waals surface area contributed by atoms with Gasteiger partial charge in [-0.05, 0) is 57.2 Å². The third-order valence-corrected chi connectivity index (χ3v) is 5.71. The molecule has 0 bridgehead atoms. The summed E-state index contributed by atoms with van der Waals surface area (Å²) in [6.07, 6.45) is 2.12. The molecule has 3 rings (SSSR count). The van der Waals surface area contributed by atoms with Gasteiger partial charge in [0, 0.05) is 17.5 Å². The predicted octanol–water partition coefficient (Wildman–Crippen LogP) is 4.40. The lowest BCUT2D eigenvalue weighted by Crippen LogP contribution is -2.17. The molecule has 31 heavy (non-hydrogen) atoms. The molecular formula is C21H19ClFN3O4S. The molecule has 3 aromatic rings. The minimum absolute atomic E-state index is 0.0366. The van der Waals surface area contributed by atoms with Crippen LogP contribution in [0.25, 0.3) is 0 Å². The maximum Gasteiger partial charge on any atom is 0.261 e. The smallest absolute Gasteiger partial charge is 0.261 e. The van der Waals surface area contributed by atoms with E-state index < -0.39 is 21.6 Å². The highest BCUT2D eigenvalue weighted by atomic mass is 35.5. The van der Waals surface area contributed by atoms with Crippen LogP contribution in [0, 0.1) is 12.7 Å². The molecule has 0 aliphatic rings. The second-order valence-electron chi connectivity index (χ2n) is 6.91. The zero-order valence-corrected chi connectivity index (χ0v) is 18.5. The van der Waals surface area contributed by atoms with E-state index in [2.05, 4.69) is 14.7 Å². The number of pyridine rings is 2. The Balaban J connectivity index is 1.97. The van der Waals surface area contributed by atoms with E-state index in [0.29, 0.717) is 5.75 Å². The topological polar surface area (TPSA) is 98.3 Å². The lowest BCUT2D eigenvalue weighted by atomic mass is 10.1. The Morgan fingerprint density at radius 2 is 1.81 bits per heavy atom. The molecule has 0 saturated heterocycles. The number of ether oxygens (including phenoxy) is 1. The van der Waals surface area contributed by atoms with Crippen LogP contribution in [0.1, 0.15) is 35.6 Å². The van der Waals surface area contributed by atoms with E-state index in [-0.39, 0.29) is 38.7 Å². The molecule has 0 spiro atoms. The van der Waals surface area contributed by atoms with Gasteiger partial charge in [0.2, 0.25) is 5.78 Å². The van der Waals surface area contributed by atoms with Crippen molar-refractivity contribution in [2.75, 3.05) is 4.72 Å². The van der Waals surface area contributed by atoms with Crippen LogP contribution in [0.4, 0.5) is 10.1 Å². The van der Waals surface area contributed by atoms with Gasteiger partial charge in [-0.1, -0.05) is 11.6 Å². The van der Waals surface area contributed by atoms with Crippen LogP contribution >= 0.6 is 11.6 Å². The van der Waals surface area contributed by atoms with Crippen LogP contribution in [0.2, 0.25) is 5.02 Å². The number of carbonyl (C=O) groups excluding carboxylic acids is 1. The van der Waals surface area contributed by atoms with Crippen molar-refractivity contribution in [2.45, 2.75) is 31.8 Å². The Bertz CT molecular complexity index is 1230. The molecule has 0 aliphatic carbocycles. The molecule has 0 fully saturated rings. The number of benzene rings is 1. The average Bonchev–Trinajstić information content (AvgIpc) is 2.69. The Labute approximate surface area is 184 Å². The van der Waals surface area contributed by atoms with Crippen molar-refractivity contribution in [2.24, 2.45) is 0 Å². The second kappa shape index (κ2) is 8.99. The molecule has 0 unspecified atom stereocenters. The molecule has 0 saturated carbocycles. The number of sulfonamides is 1. The summed E-state index contributed by atoms with van der Waals surface area (Å²) in [5.74, 6) is -0.878. The largest absolute Gasteiger partial charge is 0.491 e. The molecule has 2 aromatic heterocycles. The third-order valence-electron chi connectivity index (χ3n) is 4.12. The Hall–Kier alpha value is -3.04. The zero-order chi connectivity index (χ0) is 22.8. The number of aryl methyl sites for hydroxylation is 1. The summed E-state index contributed by atoms with van der Waals surface area (Å²) < 4.78 is 47.2. The molecule has 7 nitrogen and oxygen atoms in total. The summed E-state index contributed by atoms with van der Waals surface area (Å²) >= 11 is 5.97. The van der Waals surface area contributed by atoms with Gasteiger partial charge in [0.15, 0.2) is 0 Å². The first kappa shape index (κ1) is 22.6. The van der Waals surface area contributed by atoms with Crippen molar-refractivity contribution in [3.05, 3.63) is 76.6 Å². The van der Waals surface area contributed by atoms with Crippen molar-refractivity contribution in [3.63, 3.8) is 0 Å². The quantitative estimate of drug-likeness (QED) is 0.521. The molecular weight excluding hydrogens is 445 g/mol. The SMILES string of the molecule is Cc1ncc(F)cc1C(=O)c1ncc(Cl)cc1NS(=O)(=O)c1ccc(OC(C)C)cc1. The van der Waals surface area contributed by atoms with Crippen LogP contribution in [0.15, 0.2) is 53.7 Å². The van der Waals surface area contributed by atoms with E-state index in [4.69, 9.17) is 16.3 Å². The molecule has 162 valence electrons. The van der Waals surface area contributed by atoms with Crippen molar-refractivity contribution >= 4 is 33.1 Å². The third kappa shape index (κ3) is 5.36. The molecule has 0 amide bonds. The van der Waals surface area contributed by atoms with Crippen molar-refractivity contribution in [1.29, 1.82) is 0 Å². The predicted molar refractivity (Wildman–Crippen MR) is 115 cm³/mol. The van der Waals surface area contributed by atoms with Gasteiger partial charge < -0.3 is 4.74 Å². The van der Waals surface area contributed by atoms with Crippen molar-refractivity contribution < 1.29 is 22.3 Å². The second-order valence-corrected chi connectivity index (χ2v) is 9.03. The van der Waals surface area contributed by atoms with Crippen LogP contribution in [0.3, 0.4) is 0 Å². The monoisotopic (exact) mass is 463 g/mol. The molecule has 10 heteroatoms. The fraction of sp³-hybridized carbons (Fsp3) is 0.190. The van der Waals surface area contributed by atoms with Crippen LogP contribution < -0.4 is 9.46 Å². The minimum atomic E-state index is -4.08. The minimum Gasteiger partial charge on any atom is -0.491 e. The molecule has 1 N–H and O–H groups in total. The highest BCUT2D eigenvalue weighted by Gasteiger charge is 2.23. The maximum absolute atomic E-state index is 13.6. The first-order valence-electron chi connectivity index (χ1n) is 9.19. The van der Waals surface area contributed by atoms with E-state index >= 15 is 0 Å². The molecule has 2 heterocycles. The van der Waals surface area contributed by atoms with Crippen LogP contribution in [-0.4, -0.2) is 30.3 Å². The normalized spacial score (nSPS) is 11.4. The van der Waals surface area contributed by atoms with Gasteiger partial charge >= 0.3 is 0 Å². The van der Waals surface area contributed by atoms with E-state index in [1.807, 2.05) is 13.8 Å².